The third kappa shape index (κ3) is 5.77. The Morgan fingerprint density at radius 1 is 1.25 bits per heavy atom. The molecule has 1 heterocycles. The second kappa shape index (κ2) is 8.81. The predicted molar refractivity (Wildman–Crippen MR) is 102 cm³/mol. The van der Waals surface area contributed by atoms with Crippen molar-refractivity contribution in [3.8, 4) is 11.5 Å². The standard InChI is InChI=1S/C19H27N3O6/c1-19(2,3)28-18(25)22-9-5-6-13(22)17(24)21-12-7-8-14(26-4)15(10-12)27-11-16(20)23/h7-8,10,13H,5-6,9,11H2,1-4H3,(H2,20,23)(H,21,24)/t13-/m0/s1. The van der Waals surface area contributed by atoms with Gasteiger partial charge in [-0.05, 0) is 45.7 Å². The van der Waals surface area contributed by atoms with Crippen molar-refractivity contribution in [2.45, 2.75) is 45.3 Å². The van der Waals surface area contributed by atoms with Crippen LogP contribution < -0.4 is 20.5 Å². The summed E-state index contributed by atoms with van der Waals surface area (Å²) >= 11 is 0. The number of carbonyl (C=O) groups excluding carboxylic acids is 3. The summed E-state index contributed by atoms with van der Waals surface area (Å²) in [6.07, 6.45) is 0.754. The molecule has 1 fully saturated rings. The molecule has 0 aliphatic carbocycles. The maximum absolute atomic E-state index is 12.7. The highest BCUT2D eigenvalue weighted by Crippen LogP contribution is 2.31. The van der Waals surface area contributed by atoms with E-state index in [0.29, 0.717) is 30.8 Å². The monoisotopic (exact) mass is 393 g/mol. The van der Waals surface area contributed by atoms with Crippen LogP contribution in [-0.2, 0) is 14.3 Å². The molecule has 9 nitrogen and oxygen atoms in total. The minimum Gasteiger partial charge on any atom is -0.493 e. The number of ether oxygens (including phenoxy) is 3. The highest BCUT2D eigenvalue weighted by atomic mass is 16.6. The Morgan fingerprint density at radius 2 is 1.96 bits per heavy atom. The van der Waals surface area contributed by atoms with Crippen LogP contribution in [-0.4, -0.2) is 54.7 Å². The zero-order chi connectivity index (χ0) is 20.9. The quantitative estimate of drug-likeness (QED) is 0.762. The number of hydrogen-bond acceptors (Lipinski definition) is 6. The summed E-state index contributed by atoms with van der Waals surface area (Å²) in [5.74, 6) is -0.283. The number of benzene rings is 1. The third-order valence-electron chi connectivity index (χ3n) is 3.98. The van der Waals surface area contributed by atoms with Crippen molar-refractivity contribution in [2.75, 3.05) is 25.6 Å². The first-order valence-electron chi connectivity index (χ1n) is 9.00. The van der Waals surface area contributed by atoms with Crippen molar-refractivity contribution in [1.82, 2.24) is 4.90 Å². The van der Waals surface area contributed by atoms with E-state index in [1.807, 2.05) is 0 Å². The maximum atomic E-state index is 12.7. The van der Waals surface area contributed by atoms with Gasteiger partial charge in [0, 0.05) is 18.3 Å². The molecule has 0 spiro atoms. The summed E-state index contributed by atoms with van der Waals surface area (Å²) in [4.78, 5) is 37.5. The van der Waals surface area contributed by atoms with E-state index in [1.54, 1.807) is 32.9 Å². The molecule has 154 valence electrons. The summed E-state index contributed by atoms with van der Waals surface area (Å²) in [6, 6.07) is 4.16. The van der Waals surface area contributed by atoms with Crippen molar-refractivity contribution in [3.05, 3.63) is 18.2 Å². The molecular weight excluding hydrogens is 366 g/mol. The van der Waals surface area contributed by atoms with Gasteiger partial charge in [0.25, 0.3) is 5.91 Å². The lowest BCUT2D eigenvalue weighted by Gasteiger charge is -2.28. The van der Waals surface area contributed by atoms with Gasteiger partial charge < -0.3 is 25.3 Å². The molecular formula is C19H27N3O6. The van der Waals surface area contributed by atoms with Gasteiger partial charge in [-0.2, -0.15) is 0 Å². The summed E-state index contributed by atoms with van der Waals surface area (Å²) < 4.78 is 15.9. The number of hydrogen-bond donors (Lipinski definition) is 2. The number of rotatable bonds is 6. The number of nitrogens with two attached hydrogens (primary N) is 1. The Hall–Kier alpha value is -2.97. The smallest absolute Gasteiger partial charge is 0.410 e. The van der Waals surface area contributed by atoms with Gasteiger partial charge in [-0.15, -0.1) is 0 Å². The van der Waals surface area contributed by atoms with Crippen molar-refractivity contribution in [1.29, 1.82) is 0 Å². The van der Waals surface area contributed by atoms with Crippen LogP contribution in [0.3, 0.4) is 0 Å². The Morgan fingerprint density at radius 3 is 2.57 bits per heavy atom. The fraction of sp³-hybridized carbons (Fsp3) is 0.526. The van der Waals surface area contributed by atoms with Gasteiger partial charge in [0.15, 0.2) is 18.1 Å². The van der Waals surface area contributed by atoms with Crippen LogP contribution in [0.4, 0.5) is 10.5 Å². The predicted octanol–water partition coefficient (Wildman–Crippen LogP) is 1.90. The Kier molecular flexibility index (Phi) is 6.71. The molecule has 1 aromatic rings. The van der Waals surface area contributed by atoms with E-state index in [0.717, 1.165) is 0 Å². The summed E-state index contributed by atoms with van der Waals surface area (Å²) in [5, 5.41) is 2.77. The SMILES string of the molecule is COc1ccc(NC(=O)[C@@H]2CCCN2C(=O)OC(C)(C)C)cc1OCC(N)=O. The molecule has 2 rings (SSSR count). The van der Waals surface area contributed by atoms with E-state index in [1.165, 1.54) is 18.1 Å². The van der Waals surface area contributed by atoms with E-state index < -0.39 is 23.6 Å². The molecule has 0 unspecified atom stereocenters. The lowest BCUT2D eigenvalue weighted by Crippen LogP contribution is -2.45. The lowest BCUT2D eigenvalue weighted by atomic mass is 10.2. The molecule has 1 aliphatic heterocycles. The van der Waals surface area contributed by atoms with Gasteiger partial charge in [0.1, 0.15) is 11.6 Å². The first-order chi connectivity index (χ1) is 13.1. The normalized spacial score (nSPS) is 16.4. The van der Waals surface area contributed by atoms with Crippen molar-refractivity contribution in [3.63, 3.8) is 0 Å². The summed E-state index contributed by atoms with van der Waals surface area (Å²) in [6.45, 7) is 5.48. The Bertz CT molecular complexity index is 744. The molecule has 0 radical (unpaired) electrons. The fourth-order valence-electron chi connectivity index (χ4n) is 2.82. The van der Waals surface area contributed by atoms with E-state index in [2.05, 4.69) is 5.32 Å². The van der Waals surface area contributed by atoms with Crippen molar-refractivity contribution in [2.24, 2.45) is 5.73 Å². The van der Waals surface area contributed by atoms with Crippen LogP contribution in [0.1, 0.15) is 33.6 Å². The van der Waals surface area contributed by atoms with E-state index >= 15 is 0 Å². The Labute approximate surface area is 164 Å². The minimum absolute atomic E-state index is 0.273. The van der Waals surface area contributed by atoms with Crippen LogP contribution in [0, 0.1) is 0 Å². The number of anilines is 1. The van der Waals surface area contributed by atoms with Crippen LogP contribution in [0.5, 0.6) is 11.5 Å². The lowest BCUT2D eigenvalue weighted by molar-refractivity contribution is -0.121. The largest absolute Gasteiger partial charge is 0.493 e. The number of nitrogens with zero attached hydrogens (tertiary/aromatic N) is 1. The van der Waals surface area contributed by atoms with Gasteiger partial charge >= 0.3 is 6.09 Å². The molecule has 28 heavy (non-hydrogen) atoms. The van der Waals surface area contributed by atoms with Crippen LogP contribution in [0.15, 0.2) is 18.2 Å². The first kappa shape index (κ1) is 21.3. The first-order valence-corrected chi connectivity index (χ1v) is 9.00. The summed E-state index contributed by atoms with van der Waals surface area (Å²) in [5.41, 5.74) is 4.91. The average molecular weight is 393 g/mol. The third-order valence-corrected chi connectivity index (χ3v) is 3.98. The van der Waals surface area contributed by atoms with Gasteiger partial charge in [0.05, 0.1) is 7.11 Å². The molecule has 1 atom stereocenters. The number of likely N-dealkylation sites (tertiary alicyclic amines) is 1. The molecule has 3 N–H and O–H groups in total. The molecule has 0 bridgehead atoms. The number of carbonyl (C=O) groups is 3. The van der Waals surface area contributed by atoms with E-state index in [4.69, 9.17) is 19.9 Å². The topological polar surface area (TPSA) is 120 Å². The van der Waals surface area contributed by atoms with Crippen LogP contribution in [0.2, 0.25) is 0 Å². The molecule has 1 saturated heterocycles. The van der Waals surface area contributed by atoms with Gasteiger partial charge in [-0.1, -0.05) is 0 Å². The van der Waals surface area contributed by atoms with Crippen LogP contribution >= 0.6 is 0 Å². The zero-order valence-corrected chi connectivity index (χ0v) is 16.6. The second-order valence-corrected chi connectivity index (χ2v) is 7.44. The number of amides is 3. The Balaban J connectivity index is 2.09. The summed E-state index contributed by atoms with van der Waals surface area (Å²) in [7, 11) is 1.46. The fourth-order valence-corrected chi connectivity index (χ4v) is 2.82. The molecule has 0 saturated carbocycles. The highest BCUT2D eigenvalue weighted by Gasteiger charge is 2.36. The number of primary amides is 1. The van der Waals surface area contributed by atoms with Gasteiger partial charge in [-0.3, -0.25) is 14.5 Å². The zero-order valence-electron chi connectivity index (χ0n) is 16.6. The van der Waals surface area contributed by atoms with Crippen molar-refractivity contribution >= 4 is 23.6 Å². The number of methoxy groups -OCH3 is 1. The molecule has 9 heteroatoms. The molecule has 1 aromatic carbocycles. The van der Waals surface area contributed by atoms with Crippen LogP contribution in [0.25, 0.3) is 0 Å². The molecule has 3 amide bonds. The van der Waals surface area contributed by atoms with E-state index in [-0.39, 0.29) is 18.3 Å². The molecule has 1 aliphatic rings. The van der Waals surface area contributed by atoms with Gasteiger partial charge in [-0.25, -0.2) is 4.79 Å². The van der Waals surface area contributed by atoms with E-state index in [9.17, 15) is 14.4 Å². The number of nitrogens with one attached hydrogen (secondary N) is 1. The molecule has 0 aromatic heterocycles. The van der Waals surface area contributed by atoms with Gasteiger partial charge in [0.2, 0.25) is 5.91 Å². The maximum Gasteiger partial charge on any atom is 0.410 e. The van der Waals surface area contributed by atoms with Crippen molar-refractivity contribution < 1.29 is 28.6 Å². The minimum atomic E-state index is -0.636. The highest BCUT2D eigenvalue weighted by molar-refractivity contribution is 5.97. The second-order valence-electron chi connectivity index (χ2n) is 7.44. The average Bonchev–Trinajstić information content (AvgIpc) is 3.08.